The molecule has 2 N–H and O–H groups in total. The lowest BCUT2D eigenvalue weighted by Gasteiger charge is -2.31. The average Bonchev–Trinajstić information content (AvgIpc) is 2.29. The highest BCUT2D eigenvalue weighted by molar-refractivity contribution is 7.87. The van der Waals surface area contributed by atoms with Crippen LogP contribution in [0.15, 0.2) is 0 Å². The average molecular weight is 277 g/mol. The van der Waals surface area contributed by atoms with E-state index in [1.807, 2.05) is 14.0 Å². The molecule has 18 heavy (non-hydrogen) atoms. The number of rotatable bonds is 7. The standard InChI is InChI=1S/C12H27N3O2S/c1-4-5-11(2)14-18(16,17)15-8-6-12(7-9-15)10-13-3/h11-14H,4-10H2,1-3H3. The molecule has 0 spiro atoms. The van der Waals surface area contributed by atoms with Crippen molar-refractivity contribution in [3.63, 3.8) is 0 Å². The van der Waals surface area contributed by atoms with E-state index in [2.05, 4.69) is 17.0 Å². The summed E-state index contributed by atoms with van der Waals surface area (Å²) >= 11 is 0. The van der Waals surface area contributed by atoms with E-state index in [4.69, 9.17) is 0 Å². The van der Waals surface area contributed by atoms with E-state index < -0.39 is 10.2 Å². The zero-order valence-electron chi connectivity index (χ0n) is 11.8. The van der Waals surface area contributed by atoms with Gasteiger partial charge in [0.15, 0.2) is 0 Å². The summed E-state index contributed by atoms with van der Waals surface area (Å²) in [7, 11) is -1.34. The first-order valence-electron chi connectivity index (χ1n) is 6.91. The predicted octanol–water partition coefficient (Wildman–Crippen LogP) is 0.941. The summed E-state index contributed by atoms with van der Waals surface area (Å²) in [6.45, 7) is 6.25. The van der Waals surface area contributed by atoms with Gasteiger partial charge in [0, 0.05) is 19.1 Å². The molecule has 0 aliphatic carbocycles. The summed E-state index contributed by atoms with van der Waals surface area (Å²) < 4.78 is 28.6. The van der Waals surface area contributed by atoms with E-state index in [0.29, 0.717) is 19.0 Å². The predicted molar refractivity (Wildman–Crippen MR) is 74.6 cm³/mol. The fourth-order valence-electron chi connectivity index (χ4n) is 2.46. The van der Waals surface area contributed by atoms with Crippen LogP contribution in [0.25, 0.3) is 0 Å². The molecule has 0 aromatic rings. The van der Waals surface area contributed by atoms with Crippen molar-refractivity contribution < 1.29 is 8.42 Å². The van der Waals surface area contributed by atoms with Crippen molar-refractivity contribution in [2.24, 2.45) is 5.92 Å². The molecule has 1 heterocycles. The Morgan fingerprint density at radius 3 is 2.44 bits per heavy atom. The third-order valence-corrected chi connectivity index (χ3v) is 5.22. The van der Waals surface area contributed by atoms with Crippen LogP contribution in [-0.4, -0.2) is 45.4 Å². The van der Waals surface area contributed by atoms with Gasteiger partial charge in [-0.25, -0.2) is 0 Å². The van der Waals surface area contributed by atoms with Crippen molar-refractivity contribution in [1.29, 1.82) is 0 Å². The maximum Gasteiger partial charge on any atom is 0.279 e. The van der Waals surface area contributed by atoms with Crippen LogP contribution in [-0.2, 0) is 10.2 Å². The quantitative estimate of drug-likeness (QED) is 0.728. The molecule has 5 nitrogen and oxygen atoms in total. The molecule has 6 heteroatoms. The summed E-state index contributed by atoms with van der Waals surface area (Å²) in [6.07, 6.45) is 3.77. The van der Waals surface area contributed by atoms with Gasteiger partial charge in [0.2, 0.25) is 0 Å². The normalized spacial score (nSPS) is 21.1. The van der Waals surface area contributed by atoms with Gasteiger partial charge in [0.25, 0.3) is 10.2 Å². The molecule has 1 fully saturated rings. The Kier molecular flexibility index (Phi) is 6.55. The molecule has 0 aromatic heterocycles. The van der Waals surface area contributed by atoms with Gasteiger partial charge < -0.3 is 5.32 Å². The largest absolute Gasteiger partial charge is 0.319 e. The summed E-state index contributed by atoms with van der Waals surface area (Å²) in [6, 6.07) is 0.0232. The fraction of sp³-hybridized carbons (Fsp3) is 1.00. The van der Waals surface area contributed by atoms with Crippen LogP contribution >= 0.6 is 0 Å². The number of hydrogen-bond donors (Lipinski definition) is 2. The summed E-state index contributed by atoms with van der Waals surface area (Å²) in [5, 5.41) is 3.16. The molecule has 1 atom stereocenters. The third kappa shape index (κ3) is 4.84. The maximum atomic E-state index is 12.1. The second-order valence-corrected chi connectivity index (χ2v) is 6.91. The minimum absolute atomic E-state index is 0.0232. The molecule has 0 saturated carbocycles. The highest BCUT2D eigenvalue weighted by Gasteiger charge is 2.28. The highest BCUT2D eigenvalue weighted by atomic mass is 32.2. The number of hydrogen-bond acceptors (Lipinski definition) is 3. The molecule has 1 aliphatic rings. The topological polar surface area (TPSA) is 61.4 Å². The van der Waals surface area contributed by atoms with Gasteiger partial charge >= 0.3 is 0 Å². The number of nitrogens with one attached hydrogen (secondary N) is 2. The van der Waals surface area contributed by atoms with Gasteiger partial charge in [-0.15, -0.1) is 0 Å². The lowest BCUT2D eigenvalue weighted by Crippen LogP contribution is -2.48. The highest BCUT2D eigenvalue weighted by Crippen LogP contribution is 2.18. The Bertz CT molecular complexity index is 324. The molecule has 0 bridgehead atoms. The van der Waals surface area contributed by atoms with Crippen LogP contribution in [0.2, 0.25) is 0 Å². The summed E-state index contributed by atoms with van der Waals surface area (Å²) in [4.78, 5) is 0. The van der Waals surface area contributed by atoms with Crippen molar-refractivity contribution >= 4 is 10.2 Å². The third-order valence-electron chi connectivity index (χ3n) is 3.48. The van der Waals surface area contributed by atoms with Crippen molar-refractivity contribution in [3.05, 3.63) is 0 Å². The molecular formula is C12H27N3O2S. The van der Waals surface area contributed by atoms with Gasteiger partial charge in [-0.3, -0.25) is 0 Å². The summed E-state index contributed by atoms with van der Waals surface area (Å²) in [5.74, 6) is 0.606. The van der Waals surface area contributed by atoms with Crippen molar-refractivity contribution in [3.8, 4) is 0 Å². The molecule has 1 saturated heterocycles. The van der Waals surface area contributed by atoms with Gasteiger partial charge in [0.05, 0.1) is 0 Å². The molecule has 0 aromatic carbocycles. The van der Waals surface area contributed by atoms with Crippen LogP contribution in [0.4, 0.5) is 0 Å². The first-order chi connectivity index (χ1) is 8.49. The van der Waals surface area contributed by atoms with E-state index >= 15 is 0 Å². The van der Waals surface area contributed by atoms with Crippen molar-refractivity contribution in [2.75, 3.05) is 26.7 Å². The van der Waals surface area contributed by atoms with Crippen LogP contribution in [0.5, 0.6) is 0 Å². The zero-order chi connectivity index (χ0) is 13.6. The zero-order valence-corrected chi connectivity index (χ0v) is 12.6. The molecule has 0 radical (unpaired) electrons. The molecule has 1 unspecified atom stereocenters. The van der Waals surface area contributed by atoms with Crippen molar-refractivity contribution in [1.82, 2.24) is 14.3 Å². The first kappa shape index (κ1) is 15.9. The molecule has 1 aliphatic heterocycles. The van der Waals surface area contributed by atoms with Gasteiger partial charge in [0.1, 0.15) is 0 Å². The van der Waals surface area contributed by atoms with Gasteiger partial charge in [-0.2, -0.15) is 17.4 Å². The smallest absolute Gasteiger partial charge is 0.279 e. The number of piperidine rings is 1. The lowest BCUT2D eigenvalue weighted by molar-refractivity contribution is 0.267. The Morgan fingerprint density at radius 2 is 1.94 bits per heavy atom. The fourth-order valence-corrected chi connectivity index (χ4v) is 3.93. The molecule has 0 amide bonds. The SMILES string of the molecule is CCCC(C)NS(=O)(=O)N1CCC(CNC)CC1. The second kappa shape index (κ2) is 7.43. The lowest BCUT2D eigenvalue weighted by atomic mass is 9.98. The molecular weight excluding hydrogens is 250 g/mol. The van der Waals surface area contributed by atoms with Gasteiger partial charge in [-0.05, 0) is 45.7 Å². The van der Waals surface area contributed by atoms with Crippen LogP contribution in [0, 0.1) is 5.92 Å². The Balaban J connectivity index is 2.45. The minimum atomic E-state index is -3.28. The maximum absolute atomic E-state index is 12.1. The second-order valence-electron chi connectivity index (χ2n) is 5.21. The van der Waals surface area contributed by atoms with E-state index in [-0.39, 0.29) is 6.04 Å². The Labute approximate surface area is 112 Å². The van der Waals surface area contributed by atoms with E-state index in [1.165, 1.54) is 0 Å². The van der Waals surface area contributed by atoms with Crippen LogP contribution in [0.1, 0.15) is 39.5 Å². The van der Waals surface area contributed by atoms with Gasteiger partial charge in [-0.1, -0.05) is 13.3 Å². The molecule has 108 valence electrons. The van der Waals surface area contributed by atoms with Crippen LogP contribution < -0.4 is 10.0 Å². The first-order valence-corrected chi connectivity index (χ1v) is 8.35. The Morgan fingerprint density at radius 1 is 1.33 bits per heavy atom. The van der Waals surface area contributed by atoms with E-state index in [9.17, 15) is 8.42 Å². The summed E-state index contributed by atoms with van der Waals surface area (Å²) in [5.41, 5.74) is 0. The van der Waals surface area contributed by atoms with Crippen LogP contribution in [0.3, 0.4) is 0 Å². The van der Waals surface area contributed by atoms with E-state index in [1.54, 1.807) is 4.31 Å². The Hall–Kier alpha value is -0.170. The minimum Gasteiger partial charge on any atom is -0.319 e. The van der Waals surface area contributed by atoms with Crippen molar-refractivity contribution in [2.45, 2.75) is 45.6 Å². The molecule has 1 rings (SSSR count). The number of nitrogens with zero attached hydrogens (tertiary/aromatic N) is 1. The van der Waals surface area contributed by atoms with E-state index in [0.717, 1.165) is 32.2 Å². The monoisotopic (exact) mass is 277 g/mol.